The van der Waals surface area contributed by atoms with E-state index in [1.165, 1.54) is 11.3 Å². The van der Waals surface area contributed by atoms with Gasteiger partial charge in [-0.1, -0.05) is 11.6 Å². The van der Waals surface area contributed by atoms with E-state index in [9.17, 15) is 0 Å². The Bertz CT molecular complexity index is 464. The lowest BCUT2D eigenvalue weighted by atomic mass is 10.3. The Balaban J connectivity index is 2.35. The van der Waals surface area contributed by atoms with Gasteiger partial charge in [0.05, 0.1) is 14.9 Å². The van der Waals surface area contributed by atoms with Gasteiger partial charge >= 0.3 is 0 Å². The molecule has 0 unspecified atom stereocenters. The van der Waals surface area contributed by atoms with E-state index in [1.807, 2.05) is 19.1 Å². The maximum Gasteiger partial charge on any atom is 0.196 e. The van der Waals surface area contributed by atoms with Gasteiger partial charge in [-0.05, 0) is 19.1 Å². The lowest BCUT2D eigenvalue weighted by molar-refractivity contribution is 0.509. The van der Waals surface area contributed by atoms with Crippen molar-refractivity contribution in [3.8, 4) is 10.6 Å². The van der Waals surface area contributed by atoms with Crippen molar-refractivity contribution in [1.82, 2.24) is 4.98 Å². The van der Waals surface area contributed by atoms with Gasteiger partial charge in [0.2, 0.25) is 0 Å². The number of hydrogen-bond acceptors (Lipinski definition) is 4. The zero-order valence-electron chi connectivity index (χ0n) is 8.29. The van der Waals surface area contributed by atoms with E-state index in [-0.39, 0.29) is 0 Å². The minimum atomic E-state index is 0.546. The monoisotopic (exact) mass is 242 g/mol. The lowest BCUT2D eigenvalue weighted by Crippen LogP contribution is -2.02. The first-order valence-electron chi connectivity index (χ1n) is 4.63. The number of aryl methyl sites for hydroxylation is 1. The number of nitrogens with two attached hydrogens (primary N) is 1. The van der Waals surface area contributed by atoms with E-state index in [1.54, 1.807) is 0 Å². The van der Waals surface area contributed by atoms with Crippen LogP contribution in [-0.4, -0.2) is 11.5 Å². The molecule has 0 spiro atoms. The predicted octanol–water partition coefficient (Wildman–Crippen LogP) is 2.87. The van der Waals surface area contributed by atoms with Crippen molar-refractivity contribution in [2.24, 2.45) is 5.73 Å². The fourth-order valence-corrected chi connectivity index (χ4v) is 2.42. The molecule has 0 fully saturated rings. The molecule has 2 heterocycles. The van der Waals surface area contributed by atoms with Gasteiger partial charge in [0, 0.05) is 13.0 Å². The lowest BCUT2D eigenvalue weighted by Gasteiger charge is -1.90. The van der Waals surface area contributed by atoms with E-state index in [0.717, 1.165) is 20.7 Å². The Kier molecular flexibility index (Phi) is 3.09. The summed E-state index contributed by atoms with van der Waals surface area (Å²) in [6, 6.07) is 3.79. The second-order valence-corrected chi connectivity index (χ2v) is 4.88. The van der Waals surface area contributed by atoms with E-state index >= 15 is 0 Å². The quantitative estimate of drug-likeness (QED) is 0.901. The summed E-state index contributed by atoms with van der Waals surface area (Å²) in [6.07, 6.45) is 0.667. The Labute approximate surface area is 96.9 Å². The van der Waals surface area contributed by atoms with Crippen LogP contribution in [0.25, 0.3) is 10.6 Å². The SMILES string of the molecule is Cc1nc(CCN)oc1-c1ccc(Cl)s1. The smallest absolute Gasteiger partial charge is 0.196 e. The molecule has 0 atom stereocenters. The molecule has 5 heteroatoms. The van der Waals surface area contributed by atoms with Gasteiger partial charge < -0.3 is 10.2 Å². The molecule has 0 aliphatic carbocycles. The highest BCUT2D eigenvalue weighted by atomic mass is 35.5. The topological polar surface area (TPSA) is 52.0 Å². The van der Waals surface area contributed by atoms with E-state index in [0.29, 0.717) is 18.9 Å². The zero-order valence-corrected chi connectivity index (χ0v) is 9.86. The number of aromatic nitrogens is 1. The first-order chi connectivity index (χ1) is 7.20. The van der Waals surface area contributed by atoms with Crippen LogP contribution in [0, 0.1) is 6.92 Å². The summed E-state index contributed by atoms with van der Waals surface area (Å²) in [7, 11) is 0. The van der Waals surface area contributed by atoms with Crippen molar-refractivity contribution >= 4 is 22.9 Å². The molecule has 15 heavy (non-hydrogen) atoms. The predicted molar refractivity (Wildman–Crippen MR) is 62.3 cm³/mol. The average molecular weight is 243 g/mol. The van der Waals surface area contributed by atoms with E-state index in [2.05, 4.69) is 4.98 Å². The number of rotatable bonds is 3. The molecule has 80 valence electrons. The van der Waals surface area contributed by atoms with Gasteiger partial charge in [-0.3, -0.25) is 0 Å². The molecule has 0 aliphatic rings. The molecule has 2 rings (SSSR count). The molecule has 3 nitrogen and oxygen atoms in total. The van der Waals surface area contributed by atoms with Crippen LogP contribution >= 0.6 is 22.9 Å². The second kappa shape index (κ2) is 4.35. The molecular weight excluding hydrogens is 232 g/mol. The Morgan fingerprint density at radius 3 is 2.93 bits per heavy atom. The largest absolute Gasteiger partial charge is 0.440 e. The highest BCUT2D eigenvalue weighted by Gasteiger charge is 2.12. The summed E-state index contributed by atoms with van der Waals surface area (Å²) in [6.45, 7) is 2.47. The van der Waals surface area contributed by atoms with Gasteiger partial charge in [0.1, 0.15) is 0 Å². The first-order valence-corrected chi connectivity index (χ1v) is 5.82. The fraction of sp³-hybridized carbons (Fsp3) is 0.300. The minimum Gasteiger partial charge on any atom is -0.440 e. The summed E-state index contributed by atoms with van der Waals surface area (Å²) < 4.78 is 6.37. The van der Waals surface area contributed by atoms with Crippen LogP contribution in [0.3, 0.4) is 0 Å². The third kappa shape index (κ3) is 2.22. The molecule has 0 bridgehead atoms. The summed E-state index contributed by atoms with van der Waals surface area (Å²) in [5, 5.41) is 0. The third-order valence-corrected chi connectivity index (χ3v) is 3.23. The van der Waals surface area contributed by atoms with Gasteiger partial charge in [0.15, 0.2) is 11.7 Å². The average Bonchev–Trinajstić information content (AvgIpc) is 2.73. The van der Waals surface area contributed by atoms with Crippen LogP contribution in [0.15, 0.2) is 16.5 Å². The van der Waals surface area contributed by atoms with Gasteiger partial charge in [0.25, 0.3) is 0 Å². The van der Waals surface area contributed by atoms with Gasteiger partial charge in [-0.15, -0.1) is 11.3 Å². The van der Waals surface area contributed by atoms with Crippen LogP contribution in [0.2, 0.25) is 4.34 Å². The molecule has 0 saturated carbocycles. The van der Waals surface area contributed by atoms with Crippen LogP contribution in [0.5, 0.6) is 0 Å². The molecule has 0 amide bonds. The third-order valence-electron chi connectivity index (χ3n) is 2.00. The van der Waals surface area contributed by atoms with E-state index in [4.69, 9.17) is 21.8 Å². The standard InChI is InChI=1S/C10H11ClN2OS/c1-6-10(7-2-3-8(11)15-7)14-9(13-6)4-5-12/h2-3H,4-5,12H2,1H3. The Morgan fingerprint density at radius 1 is 1.53 bits per heavy atom. The van der Waals surface area contributed by atoms with Gasteiger partial charge in [-0.2, -0.15) is 0 Å². The van der Waals surface area contributed by atoms with E-state index < -0.39 is 0 Å². The number of nitrogens with zero attached hydrogens (tertiary/aromatic N) is 1. The van der Waals surface area contributed by atoms with Gasteiger partial charge in [-0.25, -0.2) is 4.98 Å². The molecule has 2 N–H and O–H groups in total. The molecule has 2 aromatic rings. The Morgan fingerprint density at radius 2 is 2.33 bits per heavy atom. The summed E-state index contributed by atoms with van der Waals surface area (Å²) in [4.78, 5) is 5.31. The molecule has 0 radical (unpaired) electrons. The van der Waals surface area contributed by atoms with Crippen molar-refractivity contribution in [2.45, 2.75) is 13.3 Å². The van der Waals surface area contributed by atoms with Crippen molar-refractivity contribution in [3.05, 3.63) is 28.1 Å². The highest BCUT2D eigenvalue weighted by molar-refractivity contribution is 7.19. The molecule has 0 saturated heterocycles. The summed E-state index contributed by atoms with van der Waals surface area (Å²) in [5.41, 5.74) is 6.33. The molecular formula is C10H11ClN2OS. The fourth-order valence-electron chi connectivity index (χ4n) is 1.35. The zero-order chi connectivity index (χ0) is 10.8. The number of oxazole rings is 1. The normalized spacial score (nSPS) is 10.9. The maximum atomic E-state index is 5.87. The Hall–Kier alpha value is -0.840. The van der Waals surface area contributed by atoms with Crippen molar-refractivity contribution in [1.29, 1.82) is 0 Å². The van der Waals surface area contributed by atoms with Crippen LogP contribution in [0.1, 0.15) is 11.6 Å². The van der Waals surface area contributed by atoms with Crippen LogP contribution in [-0.2, 0) is 6.42 Å². The van der Waals surface area contributed by atoms with Crippen molar-refractivity contribution in [2.75, 3.05) is 6.54 Å². The maximum absolute atomic E-state index is 5.87. The number of thiophene rings is 1. The molecule has 2 aromatic heterocycles. The molecule has 0 aliphatic heterocycles. The van der Waals surface area contributed by atoms with Crippen molar-refractivity contribution < 1.29 is 4.42 Å². The minimum absolute atomic E-state index is 0.546. The number of hydrogen-bond donors (Lipinski definition) is 1. The number of halogens is 1. The van der Waals surface area contributed by atoms with Crippen LogP contribution < -0.4 is 5.73 Å². The first kappa shape index (κ1) is 10.7. The summed E-state index contributed by atoms with van der Waals surface area (Å²) >= 11 is 7.35. The summed E-state index contributed by atoms with van der Waals surface area (Å²) in [5.74, 6) is 1.49. The van der Waals surface area contributed by atoms with Crippen LogP contribution in [0.4, 0.5) is 0 Å². The highest BCUT2D eigenvalue weighted by Crippen LogP contribution is 2.33. The molecule has 0 aromatic carbocycles. The second-order valence-electron chi connectivity index (χ2n) is 3.16. The van der Waals surface area contributed by atoms with Crippen molar-refractivity contribution in [3.63, 3.8) is 0 Å².